The van der Waals surface area contributed by atoms with Crippen LogP contribution in [0.4, 0.5) is 0 Å². The van der Waals surface area contributed by atoms with Crippen LogP contribution in [0, 0.1) is 0 Å². The van der Waals surface area contributed by atoms with E-state index in [9.17, 15) is 0 Å². The van der Waals surface area contributed by atoms with Gasteiger partial charge in [0.1, 0.15) is 0 Å². The van der Waals surface area contributed by atoms with E-state index >= 15 is 0 Å². The zero-order chi connectivity index (χ0) is 7.15. The van der Waals surface area contributed by atoms with Crippen molar-refractivity contribution in [2.24, 2.45) is 0 Å². The molecule has 0 heterocycles. The number of hydrogen-bond donors (Lipinski definition) is 3. The summed E-state index contributed by atoms with van der Waals surface area (Å²) in [6, 6.07) is 0. The van der Waals surface area contributed by atoms with Crippen molar-refractivity contribution in [2.45, 2.75) is 6.92 Å². The SMILES string of the molecule is CC(=O)O.O=[SH](=O)O. The molecule has 0 rings (SSSR count). The molecular formula is C2H6O5S. The first kappa shape index (κ1) is 10.4. The Morgan fingerprint density at radius 2 is 1.50 bits per heavy atom. The Bertz CT molecular complexity index is 112. The number of carbonyl (C=O) groups is 1. The fourth-order valence-electron chi connectivity index (χ4n) is 0. The van der Waals surface area contributed by atoms with Gasteiger partial charge in [0, 0.05) is 6.92 Å². The molecule has 0 bridgehead atoms. The lowest BCUT2D eigenvalue weighted by molar-refractivity contribution is -0.134. The largest absolute Gasteiger partial charge is 0.481 e. The second kappa shape index (κ2) is 6.38. The molecule has 0 saturated carbocycles. The molecule has 8 heavy (non-hydrogen) atoms. The molecule has 0 aromatic carbocycles. The fourth-order valence-corrected chi connectivity index (χ4v) is 0. The van der Waals surface area contributed by atoms with Crippen LogP contribution in [0.5, 0.6) is 0 Å². The molecular weight excluding hydrogens is 136 g/mol. The minimum Gasteiger partial charge on any atom is -0.481 e. The molecule has 0 unspecified atom stereocenters. The van der Waals surface area contributed by atoms with Gasteiger partial charge in [0.2, 0.25) is 0 Å². The lowest BCUT2D eigenvalue weighted by Crippen LogP contribution is -1.78. The third-order valence-electron chi connectivity index (χ3n) is 0. The number of thiol groups is 1. The first-order valence-corrected chi connectivity index (χ1v) is 2.62. The molecule has 0 aliphatic rings. The maximum absolute atomic E-state index is 9.00. The lowest BCUT2D eigenvalue weighted by Gasteiger charge is -1.59. The molecule has 0 aliphatic carbocycles. The number of hydrogen-bond acceptors (Lipinski definition) is 3. The van der Waals surface area contributed by atoms with Gasteiger partial charge < -0.3 is 5.11 Å². The van der Waals surface area contributed by atoms with Crippen LogP contribution in [0.3, 0.4) is 0 Å². The second-order valence-electron chi connectivity index (χ2n) is 0.757. The van der Waals surface area contributed by atoms with Crippen molar-refractivity contribution in [3.05, 3.63) is 0 Å². The first-order chi connectivity index (χ1) is 3.46. The van der Waals surface area contributed by atoms with Crippen LogP contribution in [0.2, 0.25) is 0 Å². The van der Waals surface area contributed by atoms with Crippen molar-refractivity contribution in [3.63, 3.8) is 0 Å². The van der Waals surface area contributed by atoms with Crippen LogP contribution >= 0.6 is 0 Å². The highest BCUT2D eigenvalue weighted by atomic mass is 32.2. The molecule has 0 atom stereocenters. The standard InChI is InChI=1S/C2H4O2.H2O3S/c1-2(3)4;1-4(2)3/h1H3,(H,3,4);4H,(H,1,2,3). The number of carboxylic acid groups (broad SMARTS) is 1. The summed E-state index contributed by atoms with van der Waals surface area (Å²) >= 11 is 0. The van der Waals surface area contributed by atoms with Crippen LogP contribution in [0.25, 0.3) is 0 Å². The molecule has 5 nitrogen and oxygen atoms in total. The normalized spacial score (nSPS) is 7.38. The molecule has 0 aromatic rings. The van der Waals surface area contributed by atoms with Gasteiger partial charge in [-0.15, -0.1) is 0 Å². The predicted octanol–water partition coefficient (Wildman–Crippen LogP) is -0.838. The Morgan fingerprint density at radius 1 is 1.50 bits per heavy atom. The number of aliphatic carboxylic acids is 1. The van der Waals surface area contributed by atoms with Crippen molar-refractivity contribution in [1.82, 2.24) is 0 Å². The van der Waals surface area contributed by atoms with Gasteiger partial charge in [-0.25, -0.2) is 8.42 Å². The predicted molar refractivity (Wildman–Crippen MR) is 26.3 cm³/mol. The summed E-state index contributed by atoms with van der Waals surface area (Å²) in [5, 5.41) is 7.42. The summed E-state index contributed by atoms with van der Waals surface area (Å²) in [6.07, 6.45) is 0. The monoisotopic (exact) mass is 142 g/mol. The summed E-state index contributed by atoms with van der Waals surface area (Å²) in [4.78, 5) is 9.00. The summed E-state index contributed by atoms with van der Waals surface area (Å²) in [7, 11) is -3.12. The van der Waals surface area contributed by atoms with E-state index in [4.69, 9.17) is 22.9 Å². The Balaban J connectivity index is 0. The van der Waals surface area contributed by atoms with Crippen LogP contribution < -0.4 is 0 Å². The molecule has 0 fully saturated rings. The van der Waals surface area contributed by atoms with Gasteiger partial charge in [-0.05, 0) is 0 Å². The summed E-state index contributed by atoms with van der Waals surface area (Å²) < 4.78 is 24.2. The molecule has 0 radical (unpaired) electrons. The highest BCUT2D eigenvalue weighted by Crippen LogP contribution is 1.42. The van der Waals surface area contributed by atoms with Gasteiger partial charge in [-0.1, -0.05) is 0 Å². The van der Waals surface area contributed by atoms with Gasteiger partial charge in [-0.2, -0.15) is 0 Å². The molecule has 6 heteroatoms. The van der Waals surface area contributed by atoms with Gasteiger partial charge in [0.15, 0.2) is 0 Å². The zero-order valence-electron chi connectivity index (χ0n) is 4.07. The first-order valence-electron chi connectivity index (χ1n) is 1.49. The van der Waals surface area contributed by atoms with Crippen LogP contribution in [0.15, 0.2) is 0 Å². The van der Waals surface area contributed by atoms with Crippen molar-refractivity contribution in [1.29, 1.82) is 0 Å². The topological polar surface area (TPSA) is 91.7 Å². The van der Waals surface area contributed by atoms with E-state index in [1.807, 2.05) is 0 Å². The highest BCUT2D eigenvalue weighted by molar-refractivity contribution is 7.66. The van der Waals surface area contributed by atoms with E-state index in [0.717, 1.165) is 6.92 Å². The van der Waals surface area contributed by atoms with E-state index in [0.29, 0.717) is 0 Å². The summed E-state index contributed by atoms with van der Waals surface area (Å²) in [6.45, 7) is 1.08. The maximum Gasteiger partial charge on any atom is 0.300 e. The maximum atomic E-state index is 9.00. The van der Waals surface area contributed by atoms with Crippen molar-refractivity contribution >= 4 is 17.0 Å². The minimum absolute atomic E-state index is 0.833. The summed E-state index contributed by atoms with van der Waals surface area (Å²) in [5.41, 5.74) is 0. The average molecular weight is 142 g/mol. The Hall–Kier alpha value is -0.620. The van der Waals surface area contributed by atoms with E-state index in [1.165, 1.54) is 0 Å². The minimum atomic E-state index is -3.12. The Kier molecular flexibility index (Phi) is 8.28. The molecule has 0 saturated heterocycles. The third kappa shape index (κ3) is 269. The fraction of sp³-hybridized carbons (Fsp3) is 0.500. The molecule has 0 aromatic heterocycles. The molecule has 0 aliphatic heterocycles. The quantitative estimate of drug-likeness (QED) is 0.303. The van der Waals surface area contributed by atoms with Crippen LogP contribution in [0.1, 0.15) is 6.92 Å². The number of carboxylic acids is 1. The van der Waals surface area contributed by atoms with Gasteiger partial charge >= 0.3 is 0 Å². The average Bonchev–Trinajstić information content (AvgIpc) is 1.25. The second-order valence-corrected chi connectivity index (χ2v) is 1.23. The lowest BCUT2D eigenvalue weighted by atomic mass is 10.9. The third-order valence-corrected chi connectivity index (χ3v) is 0. The van der Waals surface area contributed by atoms with E-state index < -0.39 is 17.0 Å². The van der Waals surface area contributed by atoms with E-state index in [-0.39, 0.29) is 0 Å². The molecule has 2 N–H and O–H groups in total. The van der Waals surface area contributed by atoms with E-state index in [1.54, 1.807) is 0 Å². The van der Waals surface area contributed by atoms with Gasteiger partial charge in [0.05, 0.1) is 0 Å². The van der Waals surface area contributed by atoms with Crippen LogP contribution in [-0.4, -0.2) is 24.0 Å². The van der Waals surface area contributed by atoms with Gasteiger partial charge in [0.25, 0.3) is 17.0 Å². The molecule has 50 valence electrons. The Labute approximate surface area is 47.7 Å². The zero-order valence-corrected chi connectivity index (χ0v) is 4.96. The Morgan fingerprint density at radius 3 is 1.50 bits per heavy atom. The van der Waals surface area contributed by atoms with Crippen molar-refractivity contribution in [3.8, 4) is 0 Å². The number of rotatable bonds is 0. The van der Waals surface area contributed by atoms with Crippen LogP contribution in [-0.2, 0) is 15.8 Å². The van der Waals surface area contributed by atoms with Crippen molar-refractivity contribution < 1.29 is 22.9 Å². The van der Waals surface area contributed by atoms with Crippen molar-refractivity contribution in [2.75, 3.05) is 0 Å². The molecule has 0 spiro atoms. The highest BCUT2D eigenvalue weighted by Gasteiger charge is 1.65. The summed E-state index contributed by atoms with van der Waals surface area (Å²) in [5.74, 6) is -0.833. The smallest absolute Gasteiger partial charge is 0.300 e. The molecule has 0 amide bonds. The van der Waals surface area contributed by atoms with E-state index in [2.05, 4.69) is 0 Å². The van der Waals surface area contributed by atoms with Gasteiger partial charge in [-0.3, -0.25) is 9.35 Å².